The number of piperazine rings is 1. The first-order valence-electron chi connectivity index (χ1n) is 23.6. The topological polar surface area (TPSA) is 173 Å². The molecule has 380 valence electrons. The van der Waals surface area contributed by atoms with Crippen LogP contribution in [-0.4, -0.2) is 124 Å². The molecule has 3 aromatic carbocycles. The summed E-state index contributed by atoms with van der Waals surface area (Å²) in [5, 5.41) is 8.44. The minimum atomic E-state index is -4.67. The smallest absolute Gasteiger partial charge is 0.416 e. The molecule has 0 spiro atoms. The molecule has 71 heavy (non-hydrogen) atoms. The van der Waals surface area contributed by atoms with Crippen LogP contribution in [0.5, 0.6) is 5.75 Å². The Hall–Kier alpha value is -5.81. The Morgan fingerprint density at radius 3 is 2.25 bits per heavy atom. The number of hydrogen-bond donors (Lipinski definition) is 3. The van der Waals surface area contributed by atoms with E-state index in [2.05, 4.69) is 58.6 Å². The van der Waals surface area contributed by atoms with Gasteiger partial charge in [-0.15, -0.1) is 0 Å². The summed E-state index contributed by atoms with van der Waals surface area (Å²) in [6.07, 6.45) is 0.800. The number of hydrogen-bond acceptors (Lipinski definition) is 13. The van der Waals surface area contributed by atoms with Gasteiger partial charge in [0.1, 0.15) is 23.2 Å². The van der Waals surface area contributed by atoms with E-state index >= 15 is 8.78 Å². The fourth-order valence-corrected chi connectivity index (χ4v) is 12.0. The number of sulfonamides is 1. The third-order valence-corrected chi connectivity index (χ3v) is 16.1. The molecular weight excluding hydrogens is 1020 g/mol. The van der Waals surface area contributed by atoms with E-state index in [4.69, 9.17) is 4.74 Å². The number of ether oxygens (including phenoxy) is 1. The van der Waals surface area contributed by atoms with E-state index in [0.29, 0.717) is 66.7 Å². The maximum Gasteiger partial charge on any atom is 0.416 e. The number of imide groups is 1. The predicted molar refractivity (Wildman–Crippen MR) is 261 cm³/mol. The molecule has 3 amide bonds. The lowest BCUT2D eigenvalue weighted by Gasteiger charge is -2.44. The molecule has 2 atom stereocenters. The van der Waals surface area contributed by atoms with Gasteiger partial charge in [0.05, 0.1) is 52.3 Å². The molecule has 0 aliphatic carbocycles. The van der Waals surface area contributed by atoms with Gasteiger partial charge >= 0.3 is 6.18 Å². The van der Waals surface area contributed by atoms with E-state index in [1.54, 1.807) is 7.11 Å². The van der Waals surface area contributed by atoms with Gasteiger partial charge in [-0.2, -0.15) is 18.2 Å². The molecule has 2 unspecified atom stereocenters. The molecule has 1 aromatic heterocycles. The van der Waals surface area contributed by atoms with Gasteiger partial charge in [-0.3, -0.25) is 28.9 Å². The first kappa shape index (κ1) is 50.1. The average molecular weight is 1070 g/mol. The summed E-state index contributed by atoms with van der Waals surface area (Å²) in [5.74, 6) is -3.33. The lowest BCUT2D eigenvalue weighted by atomic mass is 9.89. The molecule has 4 aromatic rings. The number of rotatable bonds is 12. The number of nitrogens with zero attached hydrogens (tertiary/aromatic N) is 7. The van der Waals surface area contributed by atoms with Crippen molar-refractivity contribution in [3.8, 4) is 5.75 Å². The minimum Gasteiger partial charge on any atom is -0.494 e. The number of alkyl halides is 3. The number of methoxy groups -OCH3 is 1. The van der Waals surface area contributed by atoms with E-state index in [1.165, 1.54) is 24.4 Å². The Morgan fingerprint density at radius 2 is 1.61 bits per heavy atom. The van der Waals surface area contributed by atoms with Crippen molar-refractivity contribution in [1.82, 2.24) is 25.1 Å². The van der Waals surface area contributed by atoms with Crippen molar-refractivity contribution in [2.24, 2.45) is 5.92 Å². The highest BCUT2D eigenvalue weighted by Crippen LogP contribution is 2.46. The summed E-state index contributed by atoms with van der Waals surface area (Å²) in [6, 6.07) is 8.88. The molecule has 9 rings (SSSR count). The monoisotopic (exact) mass is 1070 g/mol. The third kappa shape index (κ3) is 10.3. The normalized spacial score (nSPS) is 20.4. The van der Waals surface area contributed by atoms with Gasteiger partial charge in [0.25, 0.3) is 0 Å². The number of aryl methyl sites for hydroxylation is 1. The lowest BCUT2D eigenvalue weighted by molar-refractivity contribution is -0.138. The molecule has 16 nitrogen and oxygen atoms in total. The van der Waals surface area contributed by atoms with Crippen molar-refractivity contribution in [3.63, 3.8) is 0 Å². The molecule has 5 aliphatic rings. The molecule has 23 heteroatoms. The van der Waals surface area contributed by atoms with Gasteiger partial charge < -0.3 is 30.1 Å². The number of anilines is 7. The average Bonchev–Trinajstić information content (AvgIpc) is 4.02. The van der Waals surface area contributed by atoms with Crippen molar-refractivity contribution < 1.29 is 49.5 Å². The number of halogens is 6. The largest absolute Gasteiger partial charge is 0.494 e. The van der Waals surface area contributed by atoms with Crippen LogP contribution in [0.3, 0.4) is 0 Å². The maximum absolute atomic E-state index is 15.3. The zero-order valence-electron chi connectivity index (χ0n) is 39.3. The highest BCUT2D eigenvalue weighted by Gasteiger charge is 2.41. The van der Waals surface area contributed by atoms with Crippen molar-refractivity contribution in [2.75, 3.05) is 97.0 Å². The fraction of sp³-hybridized carbons (Fsp3) is 0.479. The van der Waals surface area contributed by atoms with Crippen LogP contribution in [0.25, 0.3) is 0 Å². The second kappa shape index (κ2) is 20.0. The number of aromatic nitrogens is 2. The van der Waals surface area contributed by atoms with E-state index in [9.17, 15) is 36.0 Å². The van der Waals surface area contributed by atoms with Crippen molar-refractivity contribution in [2.45, 2.75) is 70.0 Å². The van der Waals surface area contributed by atoms with E-state index in [-0.39, 0.29) is 71.9 Å². The van der Waals surface area contributed by atoms with E-state index < -0.39 is 51.1 Å². The van der Waals surface area contributed by atoms with Gasteiger partial charge in [0, 0.05) is 101 Å². The summed E-state index contributed by atoms with van der Waals surface area (Å²) in [5.41, 5.74) is 1.73. The number of carbonyl (C=O) groups excluding carboxylic acids is 3. The maximum atomic E-state index is 15.3. The highest BCUT2D eigenvalue weighted by atomic mass is 79.9. The van der Waals surface area contributed by atoms with Gasteiger partial charge in [0.2, 0.25) is 33.7 Å². The second-order valence-electron chi connectivity index (χ2n) is 18.6. The first-order valence-corrected chi connectivity index (χ1v) is 26.3. The Balaban J connectivity index is 0.800. The summed E-state index contributed by atoms with van der Waals surface area (Å²) in [7, 11) is -2.33. The van der Waals surface area contributed by atoms with Crippen LogP contribution in [0.2, 0.25) is 0 Å². The lowest BCUT2D eigenvalue weighted by Crippen LogP contribution is -2.55. The van der Waals surface area contributed by atoms with E-state index in [1.807, 2.05) is 21.9 Å². The summed E-state index contributed by atoms with van der Waals surface area (Å²) >= 11 is 3.43. The zero-order chi connectivity index (χ0) is 50.5. The van der Waals surface area contributed by atoms with Crippen molar-refractivity contribution in [1.29, 1.82) is 0 Å². The SMILES string of the molecule is CCc1cc(Nc2ncc(Br)c(Nc3ccc(C(F)(F)F)c4c3N(S(C)(=O)=O)CC4)n2)c(OC)cc1N1CCC(N2CCN(C(=O)C3CCN(c4cc(F)c(C5CCC(=O)NC5=O)c(F)c4)C3)CC2)CC1. The third-order valence-electron chi connectivity index (χ3n) is 14.3. The van der Waals surface area contributed by atoms with Crippen LogP contribution < -0.4 is 34.8 Å². The Morgan fingerprint density at radius 1 is 0.901 bits per heavy atom. The molecule has 5 aliphatic heterocycles. The first-order chi connectivity index (χ1) is 33.8. The number of nitrogens with one attached hydrogen (secondary N) is 3. The number of carbonyl (C=O) groups is 3. The van der Waals surface area contributed by atoms with Crippen molar-refractivity contribution >= 4 is 83.9 Å². The van der Waals surface area contributed by atoms with Crippen LogP contribution in [0, 0.1) is 17.6 Å². The highest BCUT2D eigenvalue weighted by molar-refractivity contribution is 9.10. The fourth-order valence-electron chi connectivity index (χ4n) is 10.7. The van der Waals surface area contributed by atoms with Crippen LogP contribution in [0.1, 0.15) is 67.2 Å². The summed E-state index contributed by atoms with van der Waals surface area (Å²) in [4.78, 5) is 55.2. The van der Waals surface area contributed by atoms with Crippen LogP contribution in [0.15, 0.2) is 47.1 Å². The Kier molecular flexibility index (Phi) is 14.1. The number of benzene rings is 3. The number of amides is 3. The Bertz CT molecular complexity index is 2840. The van der Waals surface area contributed by atoms with Gasteiger partial charge in [0.15, 0.2) is 0 Å². The Labute approximate surface area is 416 Å². The molecule has 6 heterocycles. The van der Waals surface area contributed by atoms with Crippen LogP contribution in [-0.2, 0) is 43.4 Å². The summed E-state index contributed by atoms with van der Waals surface area (Å²) in [6.45, 7) is 6.98. The standard InChI is InChI=1S/C48H54BrF5N10O6S/c1-4-27-21-38(57-47-55-25-34(49)44(59-47)56-37-7-6-33(48(52,53)54)31-12-16-64(43(31)37)71(3,68)69)40(70-2)24-39(27)61-14-10-29(11-15-61)60-17-19-62(20-18-60)46(67)28-9-13-63(26-28)30-22-35(50)42(36(51)23-30)32-5-8-41(65)58-45(32)66/h6-7,21-25,28-29,32H,4-5,8-20,26H2,1-3H3,(H,58,65,66)(H2,55,56,57,59). The molecule has 3 N–H and O–H groups in total. The quantitative estimate of drug-likeness (QED) is 0.0973. The van der Waals surface area contributed by atoms with Gasteiger partial charge in [-0.25, -0.2) is 22.2 Å². The van der Waals surface area contributed by atoms with Crippen LogP contribution in [0.4, 0.5) is 62.2 Å². The molecule has 0 saturated carbocycles. The van der Waals surface area contributed by atoms with Crippen molar-refractivity contribution in [3.05, 3.63) is 81.0 Å². The molecule has 0 radical (unpaired) electrons. The molecular formula is C48H54BrF5N10O6S. The second-order valence-corrected chi connectivity index (χ2v) is 21.3. The molecule has 4 saturated heterocycles. The number of fused-ring (bicyclic) bond motifs is 1. The van der Waals surface area contributed by atoms with Crippen LogP contribution >= 0.6 is 15.9 Å². The number of piperidine rings is 2. The van der Waals surface area contributed by atoms with Gasteiger partial charge in [-0.1, -0.05) is 6.92 Å². The van der Waals surface area contributed by atoms with Gasteiger partial charge in [-0.05, 0) is 95.9 Å². The minimum absolute atomic E-state index is 0.00754. The summed E-state index contributed by atoms with van der Waals surface area (Å²) < 4.78 is 105. The molecule has 0 bridgehead atoms. The van der Waals surface area contributed by atoms with E-state index in [0.717, 1.165) is 66.9 Å². The predicted octanol–water partition coefficient (Wildman–Crippen LogP) is 7.08. The molecule has 4 fully saturated rings. The zero-order valence-corrected chi connectivity index (χ0v) is 41.7.